The van der Waals surface area contributed by atoms with Gasteiger partial charge in [0.1, 0.15) is 0 Å². The number of carbonyl (C=O) groups excluding carboxylic acids is 1. The first-order valence-electron chi connectivity index (χ1n) is 6.11. The number of amides is 1. The summed E-state index contributed by atoms with van der Waals surface area (Å²) in [6.07, 6.45) is 0. The van der Waals surface area contributed by atoms with Crippen LogP contribution in [0.5, 0.6) is 0 Å². The molecule has 0 bridgehead atoms. The van der Waals surface area contributed by atoms with Crippen LogP contribution in [-0.2, 0) is 4.79 Å². The Hall–Kier alpha value is -1.06. The lowest BCUT2D eigenvalue weighted by Gasteiger charge is -2.28. The molecule has 0 fully saturated rings. The monoisotopic (exact) mass is 266 g/mol. The van der Waals surface area contributed by atoms with E-state index in [9.17, 15) is 4.79 Å². The Morgan fingerprint density at radius 3 is 2.56 bits per heavy atom. The normalized spacial score (nSPS) is 20.6. The number of rotatable bonds is 1. The van der Waals surface area contributed by atoms with Crippen LogP contribution in [0.1, 0.15) is 50.8 Å². The van der Waals surface area contributed by atoms with E-state index in [-0.39, 0.29) is 23.3 Å². The summed E-state index contributed by atoms with van der Waals surface area (Å²) in [6, 6.07) is 3.75. The van der Waals surface area contributed by atoms with Gasteiger partial charge in [-0.05, 0) is 29.5 Å². The molecule has 98 valence electrons. The first-order chi connectivity index (χ1) is 8.21. The predicted octanol–water partition coefficient (Wildman–Crippen LogP) is 3.44. The van der Waals surface area contributed by atoms with Crippen molar-refractivity contribution in [2.45, 2.75) is 39.7 Å². The summed E-state index contributed by atoms with van der Waals surface area (Å²) in [4.78, 5) is 11.7. The molecule has 0 spiro atoms. The minimum Gasteiger partial charge on any atom is -0.324 e. The highest BCUT2D eigenvalue weighted by atomic mass is 35.5. The number of halogens is 1. The van der Waals surface area contributed by atoms with Gasteiger partial charge < -0.3 is 11.1 Å². The number of benzene rings is 1. The number of hydrogen-bond donors (Lipinski definition) is 2. The number of nitrogens with two attached hydrogens (primary N) is 1. The quantitative estimate of drug-likeness (QED) is 0.818. The molecule has 1 amide bonds. The Morgan fingerprint density at radius 2 is 2.00 bits per heavy atom. The van der Waals surface area contributed by atoms with Crippen molar-refractivity contribution < 1.29 is 4.79 Å². The fourth-order valence-corrected chi connectivity index (χ4v) is 2.46. The summed E-state index contributed by atoms with van der Waals surface area (Å²) < 4.78 is 0. The standard InChI is InChI=1S/C14H19ClN2O/c1-7-9-5-8(12(16)14(2,3)4)6-10(15)11(9)17-13(7)18/h5-7,12H,16H2,1-4H3,(H,17,18). The zero-order valence-corrected chi connectivity index (χ0v) is 11.9. The fourth-order valence-electron chi connectivity index (χ4n) is 2.18. The highest BCUT2D eigenvalue weighted by Gasteiger charge is 2.31. The topological polar surface area (TPSA) is 55.1 Å². The first kappa shape index (κ1) is 13.4. The number of carbonyl (C=O) groups is 1. The Morgan fingerprint density at radius 1 is 1.39 bits per heavy atom. The predicted molar refractivity (Wildman–Crippen MR) is 74.9 cm³/mol. The van der Waals surface area contributed by atoms with Gasteiger partial charge in [-0.2, -0.15) is 0 Å². The van der Waals surface area contributed by atoms with Crippen LogP contribution < -0.4 is 11.1 Å². The second kappa shape index (κ2) is 4.25. The molecule has 1 aliphatic rings. The third-order valence-electron chi connectivity index (χ3n) is 3.54. The van der Waals surface area contributed by atoms with Crippen molar-refractivity contribution in [2.24, 2.45) is 11.1 Å². The smallest absolute Gasteiger partial charge is 0.231 e. The van der Waals surface area contributed by atoms with E-state index in [1.165, 1.54) is 0 Å². The van der Waals surface area contributed by atoms with Crippen LogP contribution in [0.3, 0.4) is 0 Å². The largest absolute Gasteiger partial charge is 0.324 e. The van der Waals surface area contributed by atoms with Crippen LogP contribution in [0.25, 0.3) is 0 Å². The molecule has 2 atom stereocenters. The van der Waals surface area contributed by atoms with Crippen molar-refractivity contribution in [3.05, 3.63) is 28.3 Å². The van der Waals surface area contributed by atoms with Crippen molar-refractivity contribution in [1.82, 2.24) is 0 Å². The summed E-state index contributed by atoms with van der Waals surface area (Å²) in [5.74, 6) is -0.169. The van der Waals surface area contributed by atoms with Crippen molar-refractivity contribution in [1.29, 1.82) is 0 Å². The van der Waals surface area contributed by atoms with Crippen LogP contribution in [0.4, 0.5) is 5.69 Å². The van der Waals surface area contributed by atoms with Crippen LogP contribution in [-0.4, -0.2) is 5.91 Å². The highest BCUT2D eigenvalue weighted by molar-refractivity contribution is 6.34. The van der Waals surface area contributed by atoms with E-state index in [0.29, 0.717) is 5.02 Å². The molecule has 3 nitrogen and oxygen atoms in total. The van der Waals surface area contributed by atoms with E-state index in [0.717, 1.165) is 16.8 Å². The van der Waals surface area contributed by atoms with Crippen molar-refractivity contribution in [2.75, 3.05) is 5.32 Å². The third-order valence-corrected chi connectivity index (χ3v) is 3.84. The minimum absolute atomic E-state index is 0.00613. The van der Waals surface area contributed by atoms with Gasteiger partial charge in [0, 0.05) is 6.04 Å². The van der Waals surface area contributed by atoms with E-state index >= 15 is 0 Å². The molecule has 1 aromatic carbocycles. The molecule has 1 heterocycles. The van der Waals surface area contributed by atoms with Crippen LogP contribution in [0.15, 0.2) is 12.1 Å². The van der Waals surface area contributed by atoms with Gasteiger partial charge in [0.2, 0.25) is 5.91 Å². The molecule has 0 saturated carbocycles. The van der Waals surface area contributed by atoms with Gasteiger partial charge in [0.15, 0.2) is 0 Å². The molecule has 1 aromatic rings. The van der Waals surface area contributed by atoms with E-state index in [4.69, 9.17) is 17.3 Å². The third kappa shape index (κ3) is 2.13. The molecule has 0 saturated heterocycles. The highest BCUT2D eigenvalue weighted by Crippen LogP contribution is 2.41. The SMILES string of the molecule is CC1C(=O)Nc2c(Cl)cc(C(N)C(C)(C)C)cc21. The van der Waals surface area contributed by atoms with Gasteiger partial charge in [0.05, 0.1) is 16.6 Å². The summed E-state index contributed by atoms with van der Waals surface area (Å²) in [5, 5.41) is 3.38. The fraction of sp³-hybridized carbons (Fsp3) is 0.500. The number of nitrogens with one attached hydrogen (secondary N) is 1. The summed E-state index contributed by atoms with van der Waals surface area (Å²) in [5.41, 5.74) is 8.87. The molecule has 3 N–H and O–H groups in total. The molecule has 0 radical (unpaired) electrons. The number of fused-ring (bicyclic) bond motifs is 1. The van der Waals surface area contributed by atoms with Crippen molar-refractivity contribution in [3.63, 3.8) is 0 Å². The molecule has 1 aliphatic heterocycles. The average Bonchev–Trinajstić information content (AvgIpc) is 2.54. The minimum atomic E-state index is -0.162. The molecule has 18 heavy (non-hydrogen) atoms. The lowest BCUT2D eigenvalue weighted by molar-refractivity contribution is -0.116. The summed E-state index contributed by atoms with van der Waals surface area (Å²) in [6.45, 7) is 8.15. The van der Waals surface area contributed by atoms with E-state index in [2.05, 4.69) is 26.1 Å². The van der Waals surface area contributed by atoms with Gasteiger partial charge in [-0.25, -0.2) is 0 Å². The Kier molecular flexibility index (Phi) is 3.16. The zero-order chi connectivity index (χ0) is 13.7. The van der Waals surface area contributed by atoms with E-state index < -0.39 is 0 Å². The first-order valence-corrected chi connectivity index (χ1v) is 6.49. The Bertz CT molecular complexity index is 505. The van der Waals surface area contributed by atoms with Crippen molar-refractivity contribution >= 4 is 23.2 Å². The average molecular weight is 267 g/mol. The van der Waals surface area contributed by atoms with Gasteiger partial charge in [0.25, 0.3) is 0 Å². The number of anilines is 1. The maximum atomic E-state index is 11.7. The maximum Gasteiger partial charge on any atom is 0.231 e. The second-order valence-electron chi connectivity index (χ2n) is 6.02. The van der Waals surface area contributed by atoms with Crippen LogP contribution in [0, 0.1) is 5.41 Å². The lowest BCUT2D eigenvalue weighted by Crippen LogP contribution is -2.26. The van der Waals surface area contributed by atoms with Gasteiger partial charge in [-0.1, -0.05) is 38.4 Å². The Labute approximate surface area is 113 Å². The summed E-state index contributed by atoms with van der Waals surface area (Å²) >= 11 is 6.23. The molecular formula is C14H19ClN2O. The molecule has 0 aromatic heterocycles. The van der Waals surface area contributed by atoms with Crippen LogP contribution in [0.2, 0.25) is 5.02 Å². The van der Waals surface area contributed by atoms with Gasteiger partial charge in [-0.15, -0.1) is 0 Å². The van der Waals surface area contributed by atoms with Gasteiger partial charge in [-0.3, -0.25) is 4.79 Å². The molecule has 0 aliphatic carbocycles. The molecule has 4 heteroatoms. The second-order valence-corrected chi connectivity index (χ2v) is 6.43. The number of hydrogen-bond acceptors (Lipinski definition) is 2. The zero-order valence-electron chi connectivity index (χ0n) is 11.2. The van der Waals surface area contributed by atoms with E-state index in [1.54, 1.807) is 0 Å². The Balaban J connectivity index is 2.50. The van der Waals surface area contributed by atoms with Gasteiger partial charge >= 0.3 is 0 Å². The molecular weight excluding hydrogens is 248 g/mol. The lowest BCUT2D eigenvalue weighted by atomic mass is 9.82. The maximum absolute atomic E-state index is 11.7. The molecule has 2 rings (SSSR count). The van der Waals surface area contributed by atoms with Crippen molar-refractivity contribution in [3.8, 4) is 0 Å². The van der Waals surface area contributed by atoms with E-state index in [1.807, 2.05) is 19.1 Å². The van der Waals surface area contributed by atoms with Crippen LogP contribution >= 0.6 is 11.6 Å². The molecule has 2 unspecified atom stereocenters. The summed E-state index contributed by atoms with van der Waals surface area (Å²) in [7, 11) is 0.